The summed E-state index contributed by atoms with van der Waals surface area (Å²) in [6, 6.07) is -0.0106. The van der Waals surface area contributed by atoms with Crippen LogP contribution in [0.2, 0.25) is 0 Å². The van der Waals surface area contributed by atoms with E-state index in [4.69, 9.17) is 10.2 Å². The molecule has 2 unspecified atom stereocenters. The highest BCUT2D eigenvalue weighted by molar-refractivity contribution is 5.67. The molecule has 0 aromatic rings. The molecule has 18 heavy (non-hydrogen) atoms. The van der Waals surface area contributed by atoms with Gasteiger partial charge >= 0.3 is 5.97 Å². The molecule has 2 atom stereocenters. The molecule has 0 spiro atoms. The van der Waals surface area contributed by atoms with Crippen molar-refractivity contribution in [3.05, 3.63) is 25.0 Å². The Bertz CT molecular complexity index is 317. The Labute approximate surface area is 108 Å². The highest BCUT2D eigenvalue weighted by Gasteiger charge is 2.37. The number of aliphatic hydroxyl groups is 1. The van der Waals surface area contributed by atoms with E-state index in [0.29, 0.717) is 6.54 Å². The Kier molecular flexibility index (Phi) is 5.88. The standard InChI is InChI=1S/C13H22N2O3/c1-3-6-12-14(4-2)10-11(9-13(17)18)15(12)7-5-8-16/h3,5,8,11-12,16H,1,4,6-7,9-10H2,2H3,(H,17,18). The number of hydrogen-bond donors (Lipinski definition) is 2. The summed E-state index contributed by atoms with van der Waals surface area (Å²) in [5.41, 5.74) is 0. The molecule has 0 aliphatic carbocycles. The lowest BCUT2D eigenvalue weighted by Gasteiger charge is -2.29. The zero-order valence-electron chi connectivity index (χ0n) is 10.8. The average Bonchev–Trinajstić information content (AvgIpc) is 2.64. The number of likely N-dealkylation sites (N-methyl/N-ethyl adjacent to an activating group) is 1. The molecule has 0 aromatic carbocycles. The zero-order valence-corrected chi connectivity index (χ0v) is 10.8. The molecule has 0 amide bonds. The van der Waals surface area contributed by atoms with Gasteiger partial charge in [-0.2, -0.15) is 0 Å². The monoisotopic (exact) mass is 254 g/mol. The lowest BCUT2D eigenvalue weighted by molar-refractivity contribution is -0.138. The highest BCUT2D eigenvalue weighted by Crippen LogP contribution is 2.25. The molecule has 0 saturated carbocycles. The van der Waals surface area contributed by atoms with Crippen molar-refractivity contribution in [1.29, 1.82) is 0 Å². The molecule has 1 saturated heterocycles. The summed E-state index contributed by atoms with van der Waals surface area (Å²) in [5.74, 6) is -0.784. The number of carboxylic acid groups (broad SMARTS) is 1. The third-order valence-corrected chi connectivity index (χ3v) is 3.33. The summed E-state index contributed by atoms with van der Waals surface area (Å²) in [7, 11) is 0. The minimum absolute atomic E-state index is 0.0106. The highest BCUT2D eigenvalue weighted by atomic mass is 16.4. The molecule has 1 heterocycles. The molecule has 2 N–H and O–H groups in total. The fourth-order valence-corrected chi connectivity index (χ4v) is 2.55. The first-order valence-corrected chi connectivity index (χ1v) is 6.25. The maximum atomic E-state index is 10.9. The van der Waals surface area contributed by atoms with E-state index >= 15 is 0 Å². The van der Waals surface area contributed by atoms with Crippen LogP contribution in [0.5, 0.6) is 0 Å². The van der Waals surface area contributed by atoms with Crippen molar-refractivity contribution in [1.82, 2.24) is 9.80 Å². The molecule has 0 radical (unpaired) electrons. The number of nitrogens with zero attached hydrogens (tertiary/aromatic N) is 2. The lowest BCUT2D eigenvalue weighted by Crippen LogP contribution is -2.41. The van der Waals surface area contributed by atoms with Crippen LogP contribution in [0.25, 0.3) is 0 Å². The van der Waals surface area contributed by atoms with Crippen LogP contribution in [0.1, 0.15) is 19.8 Å². The molecular formula is C13H22N2O3. The Hall–Kier alpha value is -1.33. The second-order valence-electron chi connectivity index (χ2n) is 4.43. The predicted molar refractivity (Wildman–Crippen MR) is 70.4 cm³/mol. The van der Waals surface area contributed by atoms with Crippen molar-refractivity contribution in [3.63, 3.8) is 0 Å². The van der Waals surface area contributed by atoms with E-state index in [1.54, 1.807) is 6.08 Å². The number of hydrogen-bond acceptors (Lipinski definition) is 4. The van der Waals surface area contributed by atoms with Gasteiger partial charge in [-0.15, -0.1) is 6.58 Å². The van der Waals surface area contributed by atoms with Gasteiger partial charge in [-0.1, -0.05) is 13.0 Å². The van der Waals surface area contributed by atoms with E-state index in [0.717, 1.165) is 25.8 Å². The Morgan fingerprint density at radius 2 is 2.28 bits per heavy atom. The maximum absolute atomic E-state index is 10.9. The summed E-state index contributed by atoms with van der Waals surface area (Å²) >= 11 is 0. The fraction of sp³-hybridized carbons (Fsp3) is 0.615. The van der Waals surface area contributed by atoms with E-state index in [2.05, 4.69) is 23.3 Å². The zero-order chi connectivity index (χ0) is 13.5. The summed E-state index contributed by atoms with van der Waals surface area (Å²) in [6.07, 6.45) is 5.60. The lowest BCUT2D eigenvalue weighted by atomic mass is 10.2. The smallest absolute Gasteiger partial charge is 0.304 e. The predicted octanol–water partition coefficient (Wildman–Crippen LogP) is 1.44. The summed E-state index contributed by atoms with van der Waals surface area (Å²) < 4.78 is 0. The number of aliphatic carboxylic acids is 1. The van der Waals surface area contributed by atoms with Gasteiger partial charge in [-0.05, 0) is 19.0 Å². The van der Waals surface area contributed by atoms with Crippen molar-refractivity contribution >= 4 is 5.97 Å². The molecular weight excluding hydrogens is 232 g/mol. The molecule has 0 bridgehead atoms. The molecule has 1 rings (SSSR count). The Morgan fingerprint density at radius 1 is 1.56 bits per heavy atom. The molecule has 0 aromatic heterocycles. The number of rotatable bonds is 7. The molecule has 1 fully saturated rings. The summed E-state index contributed by atoms with van der Waals surface area (Å²) in [5, 5.41) is 17.7. The van der Waals surface area contributed by atoms with E-state index in [-0.39, 0.29) is 18.6 Å². The normalized spacial score (nSPS) is 25.8. The first kappa shape index (κ1) is 14.7. The number of carboxylic acids is 1. The van der Waals surface area contributed by atoms with Crippen LogP contribution in [0.3, 0.4) is 0 Å². The van der Waals surface area contributed by atoms with E-state index in [1.807, 2.05) is 6.08 Å². The minimum atomic E-state index is -0.784. The second-order valence-corrected chi connectivity index (χ2v) is 4.43. The molecule has 1 aliphatic rings. The van der Waals surface area contributed by atoms with Crippen LogP contribution in [-0.4, -0.2) is 57.8 Å². The quantitative estimate of drug-likeness (QED) is 0.531. The van der Waals surface area contributed by atoms with Gasteiger partial charge in [0.2, 0.25) is 0 Å². The molecule has 102 valence electrons. The summed E-state index contributed by atoms with van der Waals surface area (Å²) in [6.45, 7) is 8.02. The van der Waals surface area contributed by atoms with Crippen molar-refractivity contribution in [2.45, 2.75) is 32.0 Å². The van der Waals surface area contributed by atoms with Crippen LogP contribution in [0, 0.1) is 0 Å². The van der Waals surface area contributed by atoms with Crippen molar-refractivity contribution < 1.29 is 15.0 Å². The van der Waals surface area contributed by atoms with Crippen LogP contribution < -0.4 is 0 Å². The first-order chi connectivity index (χ1) is 8.63. The van der Waals surface area contributed by atoms with Gasteiger partial charge in [-0.3, -0.25) is 14.6 Å². The Morgan fingerprint density at radius 3 is 2.78 bits per heavy atom. The summed E-state index contributed by atoms with van der Waals surface area (Å²) in [4.78, 5) is 15.3. The van der Waals surface area contributed by atoms with E-state index in [9.17, 15) is 4.79 Å². The number of aliphatic hydroxyl groups excluding tert-OH is 1. The average molecular weight is 254 g/mol. The van der Waals surface area contributed by atoms with Crippen molar-refractivity contribution in [2.75, 3.05) is 19.6 Å². The van der Waals surface area contributed by atoms with Crippen LogP contribution in [-0.2, 0) is 4.79 Å². The van der Waals surface area contributed by atoms with E-state index in [1.165, 1.54) is 0 Å². The fourth-order valence-electron chi connectivity index (χ4n) is 2.55. The minimum Gasteiger partial charge on any atom is -0.516 e. The van der Waals surface area contributed by atoms with Gasteiger partial charge in [0.25, 0.3) is 0 Å². The molecule has 5 nitrogen and oxygen atoms in total. The van der Waals surface area contributed by atoms with Crippen LogP contribution in [0.4, 0.5) is 0 Å². The van der Waals surface area contributed by atoms with Gasteiger partial charge in [0, 0.05) is 19.1 Å². The topological polar surface area (TPSA) is 64.0 Å². The van der Waals surface area contributed by atoms with Gasteiger partial charge < -0.3 is 10.2 Å². The largest absolute Gasteiger partial charge is 0.516 e. The molecule has 1 aliphatic heterocycles. The van der Waals surface area contributed by atoms with Crippen LogP contribution >= 0.6 is 0 Å². The van der Waals surface area contributed by atoms with Crippen molar-refractivity contribution in [3.8, 4) is 0 Å². The third kappa shape index (κ3) is 3.58. The van der Waals surface area contributed by atoms with E-state index < -0.39 is 5.97 Å². The van der Waals surface area contributed by atoms with Gasteiger partial charge in [0.1, 0.15) is 0 Å². The Balaban J connectivity index is 2.82. The second kappa shape index (κ2) is 7.18. The van der Waals surface area contributed by atoms with Gasteiger partial charge in [-0.25, -0.2) is 0 Å². The van der Waals surface area contributed by atoms with Gasteiger partial charge in [0.05, 0.1) is 18.8 Å². The van der Waals surface area contributed by atoms with Gasteiger partial charge in [0.15, 0.2) is 0 Å². The SMILES string of the molecule is C=CCC1N(CC)CC(CC(=O)O)N1CC=CO. The number of carbonyl (C=O) groups is 1. The third-order valence-electron chi connectivity index (χ3n) is 3.33. The first-order valence-electron chi connectivity index (χ1n) is 6.25. The maximum Gasteiger partial charge on any atom is 0.304 e. The molecule has 5 heteroatoms. The van der Waals surface area contributed by atoms with Crippen molar-refractivity contribution in [2.24, 2.45) is 0 Å². The van der Waals surface area contributed by atoms with Crippen LogP contribution in [0.15, 0.2) is 25.0 Å².